The van der Waals surface area contributed by atoms with E-state index in [4.69, 9.17) is 23.7 Å². The molecule has 0 radical (unpaired) electrons. The third-order valence-corrected chi connectivity index (χ3v) is 3.32. The Hall–Kier alpha value is -0.540. The maximum atomic E-state index is 10.0. The lowest BCUT2D eigenvalue weighted by Gasteiger charge is -2.48. The molecule has 2 N–H and O–H groups in total. The van der Waals surface area contributed by atoms with Crippen LogP contribution in [0.2, 0.25) is 0 Å². The Balaban J connectivity index is 1.77. The van der Waals surface area contributed by atoms with Gasteiger partial charge in [-0.1, -0.05) is 6.08 Å². The van der Waals surface area contributed by atoms with Gasteiger partial charge in [0.05, 0.1) is 13.2 Å². The lowest BCUT2D eigenvalue weighted by molar-refractivity contribution is -0.433. The summed E-state index contributed by atoms with van der Waals surface area (Å²) in [5.74, 6) is -1.26. The van der Waals surface area contributed by atoms with Crippen molar-refractivity contribution in [3.63, 3.8) is 0 Å². The summed E-state index contributed by atoms with van der Waals surface area (Å²) in [6.07, 6.45) is -0.985. The highest BCUT2D eigenvalue weighted by Gasteiger charge is 2.53. The molecule has 3 rings (SSSR count). The minimum absolute atomic E-state index is 0.193. The second kappa shape index (κ2) is 4.53. The van der Waals surface area contributed by atoms with Gasteiger partial charge in [0, 0.05) is 13.2 Å². The molecule has 2 saturated heterocycles. The van der Waals surface area contributed by atoms with E-state index in [0.717, 1.165) is 0 Å². The van der Waals surface area contributed by atoms with Gasteiger partial charge in [0.15, 0.2) is 6.29 Å². The third kappa shape index (κ3) is 1.88. The average Bonchev–Trinajstić information content (AvgIpc) is 2.83. The van der Waals surface area contributed by atoms with Crippen LogP contribution in [0, 0.1) is 0 Å². The van der Waals surface area contributed by atoms with Gasteiger partial charge in [-0.2, -0.15) is 0 Å². The van der Waals surface area contributed by atoms with E-state index >= 15 is 0 Å². The van der Waals surface area contributed by atoms with Crippen molar-refractivity contribution in [2.45, 2.75) is 36.7 Å². The van der Waals surface area contributed by atoms with Gasteiger partial charge in [0.25, 0.3) is 0 Å². The largest absolute Gasteiger partial charge is 0.387 e. The fraction of sp³-hybridized carbons (Fsp3) is 0.818. The monoisotopic (exact) mass is 260 g/mol. The molecule has 2 fully saturated rings. The van der Waals surface area contributed by atoms with Crippen molar-refractivity contribution in [2.24, 2.45) is 0 Å². The van der Waals surface area contributed by atoms with Crippen LogP contribution in [0.3, 0.4) is 0 Å². The number of aliphatic hydroxyl groups excluding tert-OH is 2. The fourth-order valence-corrected chi connectivity index (χ4v) is 2.37. The van der Waals surface area contributed by atoms with Gasteiger partial charge in [-0.25, -0.2) is 0 Å². The molecular weight excluding hydrogens is 244 g/mol. The van der Waals surface area contributed by atoms with Crippen LogP contribution in [0.15, 0.2) is 12.2 Å². The predicted molar refractivity (Wildman–Crippen MR) is 56.3 cm³/mol. The standard InChI is InChI=1S/C11H16O7/c1-14-10-8(13)7(12)9-6(17-10)5-16-11(18-9)3-2-4-15-11/h2-3,6-10,12-13H,4-5H2,1H3/t6-,7-,8-,9-,10-,11?/m1/s1. The Bertz CT molecular complexity index is 344. The summed E-state index contributed by atoms with van der Waals surface area (Å²) >= 11 is 0. The third-order valence-electron chi connectivity index (χ3n) is 3.32. The Morgan fingerprint density at radius 2 is 2.11 bits per heavy atom. The molecule has 0 bridgehead atoms. The second-order valence-corrected chi connectivity index (χ2v) is 4.47. The van der Waals surface area contributed by atoms with E-state index in [2.05, 4.69) is 0 Å². The van der Waals surface area contributed by atoms with Crippen LogP contribution >= 0.6 is 0 Å². The lowest BCUT2D eigenvalue weighted by atomic mass is 9.98. The van der Waals surface area contributed by atoms with Crippen LogP contribution in [-0.2, 0) is 23.7 Å². The average molecular weight is 260 g/mol. The van der Waals surface area contributed by atoms with Crippen LogP contribution < -0.4 is 0 Å². The van der Waals surface area contributed by atoms with E-state index < -0.39 is 36.7 Å². The molecule has 1 unspecified atom stereocenters. The van der Waals surface area contributed by atoms with Crippen molar-refractivity contribution in [2.75, 3.05) is 20.3 Å². The van der Waals surface area contributed by atoms with E-state index in [1.165, 1.54) is 7.11 Å². The minimum Gasteiger partial charge on any atom is -0.387 e. The molecule has 0 aromatic heterocycles. The van der Waals surface area contributed by atoms with Crippen molar-refractivity contribution < 1.29 is 33.9 Å². The summed E-state index contributed by atoms with van der Waals surface area (Å²) in [7, 11) is 1.40. The van der Waals surface area contributed by atoms with Crippen LogP contribution in [0.25, 0.3) is 0 Å². The fourth-order valence-electron chi connectivity index (χ4n) is 2.37. The molecule has 0 saturated carbocycles. The van der Waals surface area contributed by atoms with Crippen LogP contribution in [0.5, 0.6) is 0 Å². The first-order valence-electron chi connectivity index (χ1n) is 5.83. The molecule has 6 atom stereocenters. The maximum Gasteiger partial charge on any atom is 0.305 e. The molecule has 102 valence electrons. The molecule has 18 heavy (non-hydrogen) atoms. The molecule has 0 aliphatic carbocycles. The summed E-state index contributed by atoms with van der Waals surface area (Å²) in [5, 5.41) is 19.9. The predicted octanol–water partition coefficient (Wildman–Crippen LogP) is -1.26. The Morgan fingerprint density at radius 1 is 1.28 bits per heavy atom. The zero-order valence-corrected chi connectivity index (χ0v) is 9.89. The molecular formula is C11H16O7. The van der Waals surface area contributed by atoms with Gasteiger partial charge < -0.3 is 33.9 Å². The number of fused-ring (bicyclic) bond motifs is 1. The van der Waals surface area contributed by atoms with Gasteiger partial charge in [0.2, 0.25) is 0 Å². The Kier molecular flexibility index (Phi) is 3.15. The molecule has 7 heteroatoms. The maximum absolute atomic E-state index is 10.0. The zero-order valence-electron chi connectivity index (χ0n) is 9.89. The number of hydrogen-bond acceptors (Lipinski definition) is 7. The first-order valence-corrected chi connectivity index (χ1v) is 5.83. The van der Waals surface area contributed by atoms with E-state index in [1.807, 2.05) is 0 Å². The highest BCUT2D eigenvalue weighted by Crippen LogP contribution is 2.35. The molecule has 1 spiro atoms. The van der Waals surface area contributed by atoms with E-state index in [-0.39, 0.29) is 6.61 Å². The highest BCUT2D eigenvalue weighted by molar-refractivity contribution is 5.02. The van der Waals surface area contributed by atoms with Crippen LogP contribution in [-0.4, -0.2) is 67.2 Å². The topological polar surface area (TPSA) is 86.6 Å². The quantitative estimate of drug-likeness (QED) is 0.569. The van der Waals surface area contributed by atoms with Gasteiger partial charge in [-0.05, 0) is 0 Å². The smallest absolute Gasteiger partial charge is 0.305 e. The molecule has 0 amide bonds. The van der Waals surface area contributed by atoms with Crippen molar-refractivity contribution in [3.05, 3.63) is 12.2 Å². The summed E-state index contributed by atoms with van der Waals surface area (Å²) < 4.78 is 26.8. The zero-order chi connectivity index (χ0) is 12.8. The number of aliphatic hydroxyl groups is 2. The first-order chi connectivity index (χ1) is 8.65. The van der Waals surface area contributed by atoms with Crippen LogP contribution in [0.4, 0.5) is 0 Å². The molecule has 0 aromatic carbocycles. The summed E-state index contributed by atoms with van der Waals surface area (Å²) in [6, 6.07) is 0. The Morgan fingerprint density at radius 3 is 2.78 bits per heavy atom. The van der Waals surface area contributed by atoms with E-state index in [0.29, 0.717) is 6.61 Å². The van der Waals surface area contributed by atoms with Crippen LogP contribution in [0.1, 0.15) is 0 Å². The van der Waals surface area contributed by atoms with Crippen molar-refractivity contribution in [1.82, 2.24) is 0 Å². The molecule has 0 aromatic rings. The summed E-state index contributed by atoms with van der Waals surface area (Å²) in [6.45, 7) is 0.580. The van der Waals surface area contributed by atoms with Crippen molar-refractivity contribution in [3.8, 4) is 0 Å². The van der Waals surface area contributed by atoms with Gasteiger partial charge >= 0.3 is 5.97 Å². The number of rotatable bonds is 1. The molecule has 7 nitrogen and oxygen atoms in total. The summed E-state index contributed by atoms with van der Waals surface area (Å²) in [4.78, 5) is 0. The highest BCUT2D eigenvalue weighted by atomic mass is 16.9. The second-order valence-electron chi connectivity index (χ2n) is 4.47. The van der Waals surface area contributed by atoms with Gasteiger partial charge in [-0.15, -0.1) is 0 Å². The van der Waals surface area contributed by atoms with Gasteiger partial charge in [-0.3, -0.25) is 0 Å². The van der Waals surface area contributed by atoms with Crippen molar-refractivity contribution >= 4 is 0 Å². The number of methoxy groups -OCH3 is 1. The Labute approximate surface area is 104 Å². The van der Waals surface area contributed by atoms with E-state index in [9.17, 15) is 10.2 Å². The van der Waals surface area contributed by atoms with Crippen molar-refractivity contribution in [1.29, 1.82) is 0 Å². The van der Waals surface area contributed by atoms with E-state index in [1.54, 1.807) is 12.2 Å². The minimum atomic E-state index is -1.26. The molecule has 3 aliphatic heterocycles. The molecule has 3 heterocycles. The number of hydrogen-bond donors (Lipinski definition) is 2. The number of ether oxygens (including phenoxy) is 5. The lowest BCUT2D eigenvalue weighted by Crippen LogP contribution is -2.65. The first kappa shape index (κ1) is 12.5. The SMILES string of the molecule is CO[C@@H]1O[C@@H]2COC3(C=CCO3)O[C@H]2[C@H](O)[C@H]1O. The normalized spacial score (nSPS) is 51.6. The summed E-state index contributed by atoms with van der Waals surface area (Å²) in [5.41, 5.74) is 0. The van der Waals surface area contributed by atoms with Gasteiger partial charge in [0.1, 0.15) is 24.4 Å². The molecule has 3 aliphatic rings.